The van der Waals surface area contributed by atoms with Gasteiger partial charge in [-0.05, 0) is 97.9 Å². The van der Waals surface area contributed by atoms with Gasteiger partial charge in [0.2, 0.25) is 0 Å². The van der Waals surface area contributed by atoms with E-state index in [0.29, 0.717) is 13.0 Å². The Morgan fingerprint density at radius 3 is 2.15 bits per heavy atom. The van der Waals surface area contributed by atoms with E-state index in [1.807, 2.05) is 65.4 Å². The van der Waals surface area contributed by atoms with Crippen LogP contribution in [0.25, 0.3) is 21.8 Å². The number of fused-ring (bicyclic) bond motifs is 3. The molecule has 292 valence electrons. The summed E-state index contributed by atoms with van der Waals surface area (Å²) in [5.41, 5.74) is 1.96. The van der Waals surface area contributed by atoms with Gasteiger partial charge in [0.05, 0.1) is 42.6 Å². The van der Waals surface area contributed by atoms with Crippen molar-refractivity contribution < 1.29 is 55.3 Å². The van der Waals surface area contributed by atoms with Crippen LogP contribution in [-0.2, 0) is 14.3 Å². The van der Waals surface area contributed by atoms with E-state index in [2.05, 4.69) is 69.0 Å². The minimum atomic E-state index is -0.765. The van der Waals surface area contributed by atoms with Crippen molar-refractivity contribution in [2.45, 2.75) is 70.7 Å². The smallest absolute Gasteiger partial charge is 0.357 e. The number of hydrogen-bond donors (Lipinski definition) is 2. The number of aromatic nitrogens is 1. The van der Waals surface area contributed by atoms with Gasteiger partial charge in [-0.1, -0.05) is 80.9 Å². The molecule has 1 aliphatic rings. The number of esters is 1. The molecule has 9 heteroatoms. The van der Waals surface area contributed by atoms with Crippen molar-refractivity contribution in [3.63, 3.8) is 0 Å². The van der Waals surface area contributed by atoms with E-state index in [1.54, 1.807) is 0 Å². The molecule has 0 radical (unpaired) electrons. The number of nitrogens with zero attached hydrogens (tertiary/aromatic N) is 1. The molecule has 7 unspecified atom stereocenters. The summed E-state index contributed by atoms with van der Waals surface area (Å²) in [7, 11) is 0. The molecule has 55 heavy (non-hydrogen) atoms. The maximum Gasteiger partial charge on any atom is 0.357 e. The number of hydrogen-bond acceptors (Lipinski definition) is 7. The lowest BCUT2D eigenvalue weighted by Gasteiger charge is -2.29. The Morgan fingerprint density at radius 1 is 0.873 bits per heavy atom. The van der Waals surface area contributed by atoms with Gasteiger partial charge in [0.15, 0.2) is 7.14 Å². The van der Waals surface area contributed by atoms with Gasteiger partial charge in [0, 0.05) is 17.2 Å². The molecular weight excluding hydrogens is 805 g/mol. The van der Waals surface area contributed by atoms with Crippen molar-refractivity contribution in [3.8, 4) is 5.75 Å². The predicted molar refractivity (Wildman–Crippen MR) is 213 cm³/mol. The number of aliphatic hydroxyl groups excluding tert-OH is 2. The molecule has 1 saturated heterocycles. The molecule has 0 amide bonds. The van der Waals surface area contributed by atoms with E-state index in [9.17, 15) is 15.0 Å². The fraction of sp³-hybridized carbons (Fsp3) is 0.413. The molecule has 0 aliphatic carbocycles. The molecule has 1 aliphatic heterocycles. The van der Waals surface area contributed by atoms with Gasteiger partial charge >= 0.3 is 27.2 Å². The highest BCUT2D eigenvalue weighted by molar-refractivity contribution is 6.07. The van der Waals surface area contributed by atoms with Gasteiger partial charge in [-0.15, -0.1) is 6.58 Å². The Bertz CT molecular complexity index is 1890. The number of allylic oxidation sites excluding steroid dienone is 1. The van der Waals surface area contributed by atoms with Gasteiger partial charge < -0.3 is 29.3 Å². The molecule has 2 heterocycles. The third kappa shape index (κ3) is 11.6. The van der Waals surface area contributed by atoms with Crippen molar-refractivity contribution >= 4 is 27.8 Å². The zero-order chi connectivity index (χ0) is 38.6. The lowest BCUT2D eigenvalue weighted by molar-refractivity contribution is -0.597. The van der Waals surface area contributed by atoms with E-state index in [0.717, 1.165) is 59.8 Å². The molecule has 0 bridgehead atoms. The van der Waals surface area contributed by atoms with Crippen LogP contribution in [0.1, 0.15) is 52.4 Å². The first-order valence-corrected chi connectivity index (χ1v) is 21.8. The Morgan fingerprint density at radius 2 is 1.51 bits per heavy atom. The zero-order valence-electron chi connectivity index (χ0n) is 32.0. The molecule has 0 spiro atoms. The number of halogens is 1. The van der Waals surface area contributed by atoms with E-state index >= 15 is 0 Å². The highest BCUT2D eigenvalue weighted by atomic mass is 127. The van der Waals surface area contributed by atoms with Crippen LogP contribution in [0.5, 0.6) is 5.75 Å². The van der Waals surface area contributed by atoms with Crippen LogP contribution in [0.15, 0.2) is 116 Å². The van der Waals surface area contributed by atoms with E-state index < -0.39 is 12.2 Å². The maximum atomic E-state index is 12.5. The largest absolute Gasteiger partial charge is 0.494 e. The number of ether oxygens (including phenoxy) is 3. The second-order valence-corrected chi connectivity index (χ2v) is 17.7. The Labute approximate surface area is 335 Å². The quantitative estimate of drug-likeness (QED) is 0.0309. The van der Waals surface area contributed by atoms with Crippen LogP contribution in [0.3, 0.4) is 0 Å². The monoisotopic (exact) mass is 860 g/mol. The van der Waals surface area contributed by atoms with Crippen LogP contribution in [0, 0.1) is 30.8 Å². The molecule has 7 atom stereocenters. The molecule has 1 aromatic heterocycles. The first kappa shape index (κ1) is 40.8. The number of para-hydroxylation sites is 2. The van der Waals surface area contributed by atoms with Crippen molar-refractivity contribution in [3.05, 3.63) is 123 Å². The van der Waals surface area contributed by atoms with Crippen LogP contribution in [-0.4, -0.2) is 65.7 Å². The first-order valence-electron chi connectivity index (χ1n) is 19.6. The summed E-state index contributed by atoms with van der Waals surface area (Å²) in [6, 6.07) is 35.0. The van der Waals surface area contributed by atoms with Crippen LogP contribution >= 0.6 is 0 Å². The lowest BCUT2D eigenvalue weighted by Crippen LogP contribution is -3.61. The standard InChI is InChI=1S/C46H55INO7/c1-4-33(27-34(5-2)44(50)29-54-46(51)20-13-25-52-38-23-21-37(22-24-38)47-36-14-7-6-8-15-36)28-35(45-31-53-45)26-32(3)43(49)30-55-48-41-18-11-9-16-39(41)40-17-10-12-19-42(40)48/h4,6-12,14-19,21-24,32-35,43-45,49-50H,1,5,13,20,25-31H2,2-3H3/q+1. The summed E-state index contributed by atoms with van der Waals surface area (Å²) >= 11 is -0.218. The van der Waals surface area contributed by atoms with Gasteiger partial charge in [0.1, 0.15) is 19.0 Å². The number of aliphatic hydroxyl groups is 2. The summed E-state index contributed by atoms with van der Waals surface area (Å²) < 4.78 is 21.7. The summed E-state index contributed by atoms with van der Waals surface area (Å²) in [5.74, 6) is 0.782. The first-order chi connectivity index (χ1) is 26.8. The van der Waals surface area contributed by atoms with Crippen LogP contribution in [0.4, 0.5) is 0 Å². The average Bonchev–Trinajstić information content (AvgIpc) is 4.02. The van der Waals surface area contributed by atoms with Crippen LogP contribution < -0.4 is 30.8 Å². The molecule has 1 fully saturated rings. The average molecular weight is 861 g/mol. The number of epoxide rings is 1. The van der Waals surface area contributed by atoms with Crippen molar-refractivity contribution in [1.82, 2.24) is 4.73 Å². The molecule has 4 aromatic carbocycles. The normalized spacial score (nSPS) is 17.2. The predicted octanol–water partition coefficient (Wildman–Crippen LogP) is 5.13. The lowest BCUT2D eigenvalue weighted by atomic mass is 9.79. The van der Waals surface area contributed by atoms with Crippen molar-refractivity contribution in [2.75, 3.05) is 26.4 Å². The Balaban J connectivity index is 0.910. The fourth-order valence-electron chi connectivity index (χ4n) is 7.36. The topological polar surface area (TPSA) is 103 Å². The summed E-state index contributed by atoms with van der Waals surface area (Å²) in [4.78, 5) is 18.8. The number of benzene rings is 4. The highest BCUT2D eigenvalue weighted by Crippen LogP contribution is 2.36. The van der Waals surface area contributed by atoms with Gasteiger partial charge in [0.25, 0.3) is 0 Å². The molecule has 0 saturated carbocycles. The molecule has 6 rings (SSSR count). The second kappa shape index (κ2) is 20.3. The van der Waals surface area contributed by atoms with Crippen molar-refractivity contribution in [2.24, 2.45) is 23.7 Å². The highest BCUT2D eigenvalue weighted by Gasteiger charge is 2.36. The van der Waals surface area contributed by atoms with E-state index in [1.165, 1.54) is 7.14 Å². The minimum absolute atomic E-state index is 0.0169. The summed E-state index contributed by atoms with van der Waals surface area (Å²) in [6.07, 6.45) is 4.59. The second-order valence-electron chi connectivity index (χ2n) is 14.7. The minimum Gasteiger partial charge on any atom is -0.494 e. The molecule has 5 aromatic rings. The SMILES string of the molecule is C=CC(CC(CC)C(O)COC(=O)CCCOc1ccc([I+]c2ccccc2)cc1)CC(CC(C)C(O)COn1c2ccccc2c2ccccc21)C1CO1. The van der Waals surface area contributed by atoms with Gasteiger partial charge in [-0.3, -0.25) is 4.79 Å². The number of carbonyl (C=O) groups excluding carboxylic acids is 1. The fourth-order valence-corrected chi connectivity index (χ4v) is 9.57. The molecule has 2 N–H and O–H groups in total. The zero-order valence-corrected chi connectivity index (χ0v) is 34.1. The third-order valence-corrected chi connectivity index (χ3v) is 13.4. The maximum absolute atomic E-state index is 12.5. The van der Waals surface area contributed by atoms with Crippen LogP contribution in [0.2, 0.25) is 0 Å². The number of carbonyl (C=O) groups is 1. The third-order valence-electron chi connectivity index (χ3n) is 10.7. The Hall–Kier alpha value is -3.90. The summed E-state index contributed by atoms with van der Waals surface area (Å²) in [5, 5.41) is 24.6. The van der Waals surface area contributed by atoms with Gasteiger partial charge in [-0.25, -0.2) is 0 Å². The van der Waals surface area contributed by atoms with E-state index in [-0.39, 0.29) is 76.6 Å². The molecule has 8 nitrogen and oxygen atoms in total. The van der Waals surface area contributed by atoms with Crippen molar-refractivity contribution in [1.29, 1.82) is 0 Å². The number of rotatable bonds is 23. The Kier molecular flexibility index (Phi) is 15.1. The van der Waals surface area contributed by atoms with Gasteiger partial charge in [-0.2, -0.15) is 4.73 Å². The summed E-state index contributed by atoms with van der Waals surface area (Å²) in [6.45, 7) is 9.54. The molecular formula is C46H55INO7+. The van der Waals surface area contributed by atoms with E-state index in [4.69, 9.17) is 19.0 Å².